The first kappa shape index (κ1) is 31.6. The maximum Gasteiger partial charge on any atom is 0.309 e. The predicted octanol–water partition coefficient (Wildman–Crippen LogP) is 5.55. The van der Waals surface area contributed by atoms with Crippen LogP contribution < -0.4 is 0 Å². The van der Waals surface area contributed by atoms with Crippen molar-refractivity contribution in [3.8, 4) is 0 Å². The Labute approximate surface area is 237 Å². The average Bonchev–Trinajstić information content (AvgIpc) is 3.27. The number of cyclic esters (lactones) is 1. The fourth-order valence-corrected chi connectivity index (χ4v) is 7.08. The molecule has 1 aliphatic carbocycles. The normalized spacial score (nSPS) is 36.6. The van der Waals surface area contributed by atoms with Crippen molar-refractivity contribution in [1.29, 1.82) is 0 Å². The van der Waals surface area contributed by atoms with Crippen LogP contribution in [0, 0.1) is 40.9 Å². The van der Waals surface area contributed by atoms with Gasteiger partial charge in [-0.05, 0) is 56.1 Å². The molecule has 1 aliphatic heterocycles. The first-order chi connectivity index (χ1) is 17.9. The van der Waals surface area contributed by atoms with Gasteiger partial charge in [-0.15, -0.1) is 11.3 Å². The lowest BCUT2D eigenvalue weighted by atomic mass is 9.42. The van der Waals surface area contributed by atoms with Crippen LogP contribution in [0.4, 0.5) is 0 Å². The third kappa shape index (κ3) is 6.08. The molecule has 39 heavy (non-hydrogen) atoms. The van der Waals surface area contributed by atoms with Gasteiger partial charge < -0.3 is 14.9 Å². The number of Topliss-reactive ketones (excluding diaryl/α,β-unsaturated/α-hetero) is 2. The predicted molar refractivity (Wildman–Crippen MR) is 153 cm³/mol. The number of fused-ring (bicyclic) bond motifs is 1. The van der Waals surface area contributed by atoms with Crippen LogP contribution in [0.15, 0.2) is 11.0 Å². The smallest absolute Gasteiger partial charge is 0.309 e. The van der Waals surface area contributed by atoms with Crippen molar-refractivity contribution in [1.82, 2.24) is 4.98 Å². The lowest BCUT2D eigenvalue weighted by molar-refractivity contribution is -0.178. The van der Waals surface area contributed by atoms with Gasteiger partial charge >= 0.3 is 5.97 Å². The highest BCUT2D eigenvalue weighted by atomic mass is 32.1. The molecule has 1 saturated heterocycles. The zero-order valence-electron chi connectivity index (χ0n) is 25.0. The van der Waals surface area contributed by atoms with E-state index < -0.39 is 41.0 Å². The van der Waals surface area contributed by atoms with E-state index in [1.165, 1.54) is 11.3 Å². The molecule has 7 nitrogen and oxygen atoms in total. The van der Waals surface area contributed by atoms with Gasteiger partial charge in [0.2, 0.25) is 0 Å². The second-order valence-electron chi connectivity index (χ2n) is 13.3. The molecule has 2 N–H and O–H groups in total. The van der Waals surface area contributed by atoms with Gasteiger partial charge in [0, 0.05) is 22.6 Å². The van der Waals surface area contributed by atoms with Gasteiger partial charge in [0.15, 0.2) is 0 Å². The number of aromatic nitrogens is 1. The molecule has 2 aliphatic rings. The van der Waals surface area contributed by atoms with Gasteiger partial charge in [-0.3, -0.25) is 14.4 Å². The Hall–Kier alpha value is -1.90. The van der Waals surface area contributed by atoms with E-state index >= 15 is 0 Å². The molecule has 0 bridgehead atoms. The molecular weight excluding hydrogens is 514 g/mol. The van der Waals surface area contributed by atoms with Crippen LogP contribution in [0.3, 0.4) is 0 Å². The van der Waals surface area contributed by atoms with Crippen LogP contribution in [0.1, 0.15) is 98.2 Å². The minimum Gasteiger partial charge on any atom is -0.458 e. The maximum atomic E-state index is 13.4. The largest absolute Gasteiger partial charge is 0.458 e. The highest BCUT2D eigenvalue weighted by Crippen LogP contribution is 2.62. The summed E-state index contributed by atoms with van der Waals surface area (Å²) < 4.78 is 5.97. The Bertz CT molecular complexity index is 1120. The number of rotatable bonds is 2. The summed E-state index contributed by atoms with van der Waals surface area (Å²) in [4.78, 5) is 44.5. The van der Waals surface area contributed by atoms with Crippen LogP contribution in [0.2, 0.25) is 0 Å². The number of hydrogen-bond acceptors (Lipinski definition) is 8. The summed E-state index contributed by atoms with van der Waals surface area (Å²) in [6.45, 7) is 16.8. The van der Waals surface area contributed by atoms with Crippen molar-refractivity contribution in [3.63, 3.8) is 0 Å². The first-order valence-corrected chi connectivity index (χ1v) is 15.1. The molecule has 3 rings (SSSR count). The SMILES string of the molecule is C/C(=C\c1csc(C)n1)C1CC2C(=O)C(C)(C)C2(C)CCCC(C)C(O)C(C)C(=O)C(C)(C)C(O)CC(=O)O1. The fraction of sp³-hybridized carbons (Fsp3) is 0.742. The Morgan fingerprint density at radius 2 is 1.74 bits per heavy atom. The van der Waals surface area contributed by atoms with Crippen molar-refractivity contribution in [2.45, 2.75) is 113 Å². The number of thiazole rings is 1. The summed E-state index contributed by atoms with van der Waals surface area (Å²) >= 11 is 1.53. The molecule has 218 valence electrons. The minimum absolute atomic E-state index is 0.129. The van der Waals surface area contributed by atoms with E-state index in [0.717, 1.165) is 35.5 Å². The quantitative estimate of drug-likeness (QED) is 0.455. The molecular formula is C31H47NO6S. The molecule has 1 aromatic rings. The molecule has 2 heterocycles. The van der Waals surface area contributed by atoms with Gasteiger partial charge in [0.1, 0.15) is 17.7 Å². The van der Waals surface area contributed by atoms with Crippen LogP contribution in [-0.4, -0.2) is 51.0 Å². The standard InChI is InChI=1S/C31H47NO6S/c1-17-11-10-12-31(9)22(28(37)30(31,7)8)14-23(18(2)13-21-16-39-20(4)32-21)38-25(34)15-24(33)29(5,6)27(36)19(3)26(17)35/h13,16-17,19,22-24,26,33,35H,10-12,14-15H2,1-9H3/b18-13+. The Morgan fingerprint density at radius 3 is 2.33 bits per heavy atom. The van der Waals surface area contributed by atoms with Crippen molar-refractivity contribution in [2.24, 2.45) is 34.0 Å². The second kappa shape index (κ2) is 11.5. The number of hydrogen-bond donors (Lipinski definition) is 2. The number of esters is 1. The van der Waals surface area contributed by atoms with E-state index in [-0.39, 0.29) is 35.2 Å². The summed E-state index contributed by atoms with van der Waals surface area (Å²) in [5.74, 6) is -1.86. The Morgan fingerprint density at radius 1 is 1.10 bits per heavy atom. The summed E-state index contributed by atoms with van der Waals surface area (Å²) in [7, 11) is 0. The zero-order chi connectivity index (χ0) is 29.5. The monoisotopic (exact) mass is 561 g/mol. The minimum atomic E-state index is -1.28. The number of carbonyl (C=O) groups is 3. The number of aliphatic hydroxyl groups excluding tert-OH is 2. The van der Waals surface area contributed by atoms with Crippen LogP contribution in [-0.2, 0) is 19.1 Å². The van der Waals surface area contributed by atoms with E-state index in [4.69, 9.17) is 4.74 Å². The molecule has 0 aromatic carbocycles. The van der Waals surface area contributed by atoms with Gasteiger partial charge in [-0.25, -0.2) is 4.98 Å². The third-order valence-corrected chi connectivity index (χ3v) is 10.9. The summed E-state index contributed by atoms with van der Waals surface area (Å²) in [6.07, 6.45) is 1.37. The van der Waals surface area contributed by atoms with E-state index in [1.807, 2.05) is 46.1 Å². The van der Waals surface area contributed by atoms with Crippen LogP contribution >= 0.6 is 11.3 Å². The number of ether oxygens (including phenoxy) is 1. The van der Waals surface area contributed by atoms with Crippen molar-refractivity contribution in [2.75, 3.05) is 0 Å². The Kier molecular flexibility index (Phi) is 9.35. The average molecular weight is 562 g/mol. The van der Waals surface area contributed by atoms with Crippen molar-refractivity contribution in [3.05, 3.63) is 21.7 Å². The van der Waals surface area contributed by atoms with Gasteiger partial charge in [-0.1, -0.05) is 54.9 Å². The third-order valence-electron chi connectivity index (χ3n) is 10.1. The highest BCUT2D eigenvalue weighted by molar-refractivity contribution is 7.09. The number of carbonyl (C=O) groups excluding carboxylic acids is 3. The van der Waals surface area contributed by atoms with Gasteiger partial charge in [0.25, 0.3) is 0 Å². The van der Waals surface area contributed by atoms with E-state index in [0.29, 0.717) is 6.42 Å². The lowest BCUT2D eigenvalue weighted by Gasteiger charge is -2.59. The zero-order valence-corrected chi connectivity index (χ0v) is 25.9. The maximum absolute atomic E-state index is 13.4. The highest BCUT2D eigenvalue weighted by Gasteiger charge is 2.64. The number of nitrogens with zero attached hydrogens (tertiary/aromatic N) is 1. The van der Waals surface area contributed by atoms with Crippen LogP contribution in [0.25, 0.3) is 6.08 Å². The summed E-state index contributed by atoms with van der Waals surface area (Å²) in [5.41, 5.74) is -0.524. The second-order valence-corrected chi connectivity index (χ2v) is 14.4. The molecule has 7 unspecified atom stereocenters. The molecule has 0 spiro atoms. The molecule has 2 fully saturated rings. The summed E-state index contributed by atoms with van der Waals surface area (Å²) in [6, 6.07) is 0. The Balaban J connectivity index is 1.99. The number of aliphatic hydroxyl groups is 2. The summed E-state index contributed by atoms with van der Waals surface area (Å²) in [5, 5.41) is 24.9. The topological polar surface area (TPSA) is 114 Å². The van der Waals surface area contributed by atoms with Crippen molar-refractivity contribution >= 4 is 34.9 Å². The van der Waals surface area contributed by atoms with E-state index in [2.05, 4.69) is 11.9 Å². The molecule has 1 saturated carbocycles. The van der Waals surface area contributed by atoms with Crippen LogP contribution in [0.5, 0.6) is 0 Å². The fourth-order valence-electron chi connectivity index (χ4n) is 6.51. The number of ketones is 2. The molecule has 0 amide bonds. The molecule has 8 heteroatoms. The molecule has 7 atom stereocenters. The van der Waals surface area contributed by atoms with Crippen molar-refractivity contribution < 1.29 is 29.3 Å². The first-order valence-electron chi connectivity index (χ1n) is 14.2. The van der Waals surface area contributed by atoms with E-state index in [1.54, 1.807) is 20.8 Å². The van der Waals surface area contributed by atoms with Gasteiger partial charge in [0.05, 0.1) is 34.7 Å². The number of aryl methyl sites for hydroxylation is 1. The molecule has 1 aromatic heterocycles. The van der Waals surface area contributed by atoms with E-state index in [9.17, 15) is 24.6 Å². The van der Waals surface area contributed by atoms with Gasteiger partial charge in [-0.2, -0.15) is 0 Å². The molecule has 0 radical (unpaired) electrons. The lowest BCUT2D eigenvalue weighted by Crippen LogP contribution is -2.63.